The van der Waals surface area contributed by atoms with E-state index in [4.69, 9.17) is 0 Å². The molecule has 1 aromatic carbocycles. The number of fused-ring (bicyclic) bond motifs is 4. The first-order valence-electron chi connectivity index (χ1n) is 9.07. The lowest BCUT2D eigenvalue weighted by molar-refractivity contribution is 0.0958. The second-order valence-corrected chi connectivity index (χ2v) is 7.73. The van der Waals surface area contributed by atoms with E-state index in [-0.39, 0.29) is 5.91 Å². The largest absolute Gasteiger partial charge is 0.351 e. The monoisotopic (exact) mass is 374 g/mol. The number of benzene rings is 1. The molecule has 0 saturated carbocycles. The summed E-state index contributed by atoms with van der Waals surface area (Å²) in [6.07, 6.45) is 4.63. The molecule has 6 heteroatoms. The summed E-state index contributed by atoms with van der Waals surface area (Å²) in [5.74, 6) is 0.839. The van der Waals surface area contributed by atoms with Crippen molar-refractivity contribution in [1.82, 2.24) is 19.9 Å². The first-order valence-corrected chi connectivity index (χ1v) is 9.89. The van der Waals surface area contributed by atoms with E-state index in [0.29, 0.717) is 13.0 Å². The van der Waals surface area contributed by atoms with E-state index < -0.39 is 0 Å². The molecule has 1 aliphatic carbocycles. The number of aryl methyl sites for hydroxylation is 2. The number of thiophene rings is 1. The highest BCUT2D eigenvalue weighted by atomic mass is 32.1. The molecule has 134 valence electrons. The summed E-state index contributed by atoms with van der Waals surface area (Å²) in [7, 11) is 0. The van der Waals surface area contributed by atoms with Gasteiger partial charge in [-0.2, -0.15) is 0 Å². The summed E-state index contributed by atoms with van der Waals surface area (Å²) in [5.41, 5.74) is 4.76. The fourth-order valence-corrected chi connectivity index (χ4v) is 4.81. The Morgan fingerprint density at radius 2 is 1.93 bits per heavy atom. The van der Waals surface area contributed by atoms with Gasteiger partial charge in [-0.15, -0.1) is 21.5 Å². The van der Waals surface area contributed by atoms with Crippen molar-refractivity contribution in [3.8, 4) is 10.4 Å². The minimum atomic E-state index is -0.0132. The predicted molar refractivity (Wildman–Crippen MR) is 106 cm³/mol. The van der Waals surface area contributed by atoms with Crippen LogP contribution in [0.3, 0.4) is 0 Å². The number of rotatable bonds is 4. The topological polar surface area (TPSA) is 59.3 Å². The van der Waals surface area contributed by atoms with E-state index in [2.05, 4.69) is 45.8 Å². The summed E-state index contributed by atoms with van der Waals surface area (Å²) < 4.78 is 1.95. The third-order valence-corrected chi connectivity index (χ3v) is 6.19. The lowest BCUT2D eigenvalue weighted by Crippen LogP contribution is -2.25. The fourth-order valence-electron chi connectivity index (χ4n) is 3.62. The van der Waals surface area contributed by atoms with E-state index in [1.165, 1.54) is 21.6 Å². The second-order valence-electron chi connectivity index (χ2n) is 6.67. The summed E-state index contributed by atoms with van der Waals surface area (Å²) in [6, 6.07) is 16.3. The van der Waals surface area contributed by atoms with Gasteiger partial charge in [0.05, 0.1) is 4.88 Å². The Labute approximate surface area is 160 Å². The molecule has 0 radical (unpaired) electrons. The van der Waals surface area contributed by atoms with E-state index >= 15 is 0 Å². The van der Waals surface area contributed by atoms with E-state index in [9.17, 15) is 4.79 Å². The molecule has 4 aromatic rings. The van der Waals surface area contributed by atoms with Crippen LogP contribution in [-0.4, -0.2) is 27.0 Å². The first-order chi connectivity index (χ1) is 13.3. The van der Waals surface area contributed by atoms with Crippen LogP contribution in [0.25, 0.3) is 16.1 Å². The lowest BCUT2D eigenvalue weighted by atomic mass is 9.91. The Morgan fingerprint density at radius 3 is 2.89 bits per heavy atom. The highest BCUT2D eigenvalue weighted by Gasteiger charge is 2.21. The molecule has 3 aromatic heterocycles. The molecule has 1 aliphatic rings. The van der Waals surface area contributed by atoms with E-state index in [0.717, 1.165) is 29.2 Å². The molecule has 0 bridgehead atoms. The van der Waals surface area contributed by atoms with Gasteiger partial charge in [-0.05, 0) is 47.7 Å². The Balaban J connectivity index is 1.29. The molecule has 0 fully saturated rings. The Morgan fingerprint density at radius 1 is 1.07 bits per heavy atom. The van der Waals surface area contributed by atoms with Gasteiger partial charge in [0.2, 0.25) is 0 Å². The zero-order valence-electron chi connectivity index (χ0n) is 14.7. The number of nitrogens with zero attached hydrogens (tertiary/aromatic N) is 3. The third-order valence-electron chi connectivity index (χ3n) is 4.98. The van der Waals surface area contributed by atoms with Gasteiger partial charge < -0.3 is 5.32 Å². The van der Waals surface area contributed by atoms with Crippen molar-refractivity contribution in [2.24, 2.45) is 0 Å². The van der Waals surface area contributed by atoms with Crippen molar-refractivity contribution in [3.05, 3.63) is 76.6 Å². The van der Waals surface area contributed by atoms with Crippen LogP contribution in [-0.2, 0) is 19.3 Å². The molecule has 5 nitrogen and oxygen atoms in total. The molecule has 1 amide bonds. The van der Waals surface area contributed by atoms with Crippen molar-refractivity contribution < 1.29 is 4.79 Å². The second kappa shape index (κ2) is 6.63. The summed E-state index contributed by atoms with van der Waals surface area (Å²) in [4.78, 5) is 14.6. The Kier molecular flexibility index (Phi) is 3.98. The van der Waals surface area contributed by atoms with Gasteiger partial charge in [0, 0.05) is 24.0 Å². The summed E-state index contributed by atoms with van der Waals surface area (Å²) in [5, 5.41) is 11.4. The molecule has 3 heterocycles. The van der Waals surface area contributed by atoms with Crippen LogP contribution in [0, 0.1) is 0 Å². The van der Waals surface area contributed by atoms with Crippen LogP contribution in [0.1, 0.15) is 26.6 Å². The molecule has 0 aliphatic heterocycles. The van der Waals surface area contributed by atoms with Gasteiger partial charge in [-0.1, -0.05) is 30.3 Å². The van der Waals surface area contributed by atoms with Crippen LogP contribution >= 0.6 is 11.3 Å². The van der Waals surface area contributed by atoms with Crippen LogP contribution in [0.4, 0.5) is 0 Å². The van der Waals surface area contributed by atoms with Gasteiger partial charge in [0.25, 0.3) is 5.91 Å². The average Bonchev–Trinajstić information content (AvgIpc) is 3.32. The van der Waals surface area contributed by atoms with Gasteiger partial charge >= 0.3 is 0 Å². The zero-order chi connectivity index (χ0) is 18.2. The number of amides is 1. The van der Waals surface area contributed by atoms with Crippen LogP contribution in [0.15, 0.2) is 54.7 Å². The average molecular weight is 374 g/mol. The molecule has 1 N–H and O–H groups in total. The number of carbonyl (C=O) groups is 1. The number of pyridine rings is 1. The van der Waals surface area contributed by atoms with Crippen molar-refractivity contribution >= 4 is 22.9 Å². The van der Waals surface area contributed by atoms with Gasteiger partial charge in [-0.25, -0.2) is 0 Å². The quantitative estimate of drug-likeness (QED) is 0.594. The lowest BCUT2D eigenvalue weighted by Gasteiger charge is -2.15. The number of aromatic nitrogens is 3. The maximum atomic E-state index is 12.6. The normalized spacial score (nSPS) is 12.6. The minimum Gasteiger partial charge on any atom is -0.351 e. The summed E-state index contributed by atoms with van der Waals surface area (Å²) in [6.45, 7) is 0.535. The molecule has 27 heavy (non-hydrogen) atoms. The van der Waals surface area contributed by atoms with Crippen LogP contribution in [0.2, 0.25) is 0 Å². The number of carbonyl (C=O) groups excluding carboxylic acids is 1. The van der Waals surface area contributed by atoms with E-state index in [1.807, 2.05) is 28.8 Å². The van der Waals surface area contributed by atoms with Crippen molar-refractivity contribution in [2.45, 2.75) is 19.3 Å². The number of hydrogen-bond donors (Lipinski definition) is 1. The van der Waals surface area contributed by atoms with Crippen LogP contribution < -0.4 is 5.32 Å². The van der Waals surface area contributed by atoms with Crippen molar-refractivity contribution in [2.75, 3.05) is 6.54 Å². The Hall–Kier alpha value is -2.99. The van der Waals surface area contributed by atoms with Gasteiger partial charge in [0.15, 0.2) is 5.65 Å². The van der Waals surface area contributed by atoms with Gasteiger partial charge in [0.1, 0.15) is 5.82 Å². The number of hydrogen-bond acceptors (Lipinski definition) is 4. The third kappa shape index (κ3) is 2.92. The molecular formula is C21H18N4OS. The molecule has 0 atom stereocenters. The molecule has 0 spiro atoms. The van der Waals surface area contributed by atoms with Crippen LogP contribution in [0.5, 0.6) is 0 Å². The predicted octanol–water partition coefficient (Wildman–Crippen LogP) is 3.53. The Bertz CT molecular complexity index is 1140. The molecule has 0 unspecified atom stereocenters. The fraction of sp³-hybridized carbons (Fsp3) is 0.190. The SMILES string of the molecule is O=C(NCCc1nnc2ccccn12)c1cc2c(s1)-c1ccccc1CC2. The minimum absolute atomic E-state index is 0.0132. The maximum absolute atomic E-state index is 12.6. The van der Waals surface area contributed by atoms with Crippen molar-refractivity contribution in [1.29, 1.82) is 0 Å². The summed E-state index contributed by atoms with van der Waals surface area (Å²) >= 11 is 1.59. The first kappa shape index (κ1) is 16.2. The zero-order valence-corrected chi connectivity index (χ0v) is 15.5. The highest BCUT2D eigenvalue weighted by molar-refractivity contribution is 7.17. The smallest absolute Gasteiger partial charge is 0.261 e. The molecule has 0 saturated heterocycles. The van der Waals surface area contributed by atoms with Gasteiger partial charge in [-0.3, -0.25) is 9.20 Å². The maximum Gasteiger partial charge on any atom is 0.261 e. The van der Waals surface area contributed by atoms with Crippen molar-refractivity contribution in [3.63, 3.8) is 0 Å². The number of nitrogens with one attached hydrogen (secondary N) is 1. The standard InChI is InChI=1S/C21H18N4OS/c26-21(22-11-10-19-24-23-18-7-3-4-12-25(18)19)17-13-15-9-8-14-5-1-2-6-16(14)20(15)27-17/h1-7,12-13H,8-11H2,(H,22,26). The highest BCUT2D eigenvalue weighted by Crippen LogP contribution is 2.39. The van der Waals surface area contributed by atoms with E-state index in [1.54, 1.807) is 11.3 Å². The molecule has 5 rings (SSSR count). The molecular weight excluding hydrogens is 356 g/mol.